The van der Waals surface area contributed by atoms with Gasteiger partial charge in [0.05, 0.1) is 21.0 Å². The quantitative estimate of drug-likeness (QED) is 0.386. The molecule has 1 aliphatic heterocycles. The molecule has 2 rings (SSSR count). The predicted molar refractivity (Wildman–Crippen MR) is 79.9 cm³/mol. The van der Waals surface area contributed by atoms with E-state index in [0.29, 0.717) is 0 Å². The van der Waals surface area contributed by atoms with E-state index in [4.69, 9.17) is 15.0 Å². The van der Waals surface area contributed by atoms with Gasteiger partial charge in [0, 0.05) is 12.1 Å². The molecule has 0 atom stereocenters. The molecule has 0 radical (unpaired) electrons. The van der Waals surface area contributed by atoms with Crippen LogP contribution in [0, 0.1) is 20.2 Å². The van der Waals surface area contributed by atoms with Crippen LogP contribution in [-0.4, -0.2) is 28.2 Å². The number of nitrogens with zero attached hydrogens (tertiary/aromatic N) is 2. The molecule has 118 valence electrons. The van der Waals surface area contributed by atoms with Crippen LogP contribution in [0.15, 0.2) is 12.1 Å². The van der Waals surface area contributed by atoms with Crippen LogP contribution in [0.5, 0.6) is 0 Å². The molecule has 22 heavy (non-hydrogen) atoms. The molecule has 9 nitrogen and oxygen atoms in total. The Morgan fingerprint density at radius 1 is 1.00 bits per heavy atom. The van der Waals surface area contributed by atoms with E-state index in [9.17, 15) is 20.2 Å². The number of rotatable bonds is 3. The van der Waals surface area contributed by atoms with Crippen molar-refractivity contribution in [3.05, 3.63) is 32.4 Å². The summed E-state index contributed by atoms with van der Waals surface area (Å²) < 4.78 is 11.5. The fourth-order valence-corrected chi connectivity index (χ4v) is 2.06. The summed E-state index contributed by atoms with van der Waals surface area (Å²) in [5.41, 5.74) is 2.78. The van der Waals surface area contributed by atoms with E-state index in [-0.39, 0.29) is 5.46 Å². The highest BCUT2D eigenvalue weighted by atomic mass is 16.7. The Bertz CT molecular complexity index is 609. The largest absolute Gasteiger partial charge is 0.495 e. The van der Waals surface area contributed by atoms with E-state index in [1.807, 2.05) is 27.7 Å². The lowest BCUT2D eigenvalue weighted by Gasteiger charge is -2.32. The first kappa shape index (κ1) is 16.2. The van der Waals surface area contributed by atoms with Gasteiger partial charge in [-0.3, -0.25) is 20.2 Å². The van der Waals surface area contributed by atoms with Crippen LogP contribution in [-0.2, 0) is 9.31 Å². The molecule has 10 heteroatoms. The molecule has 1 heterocycles. The van der Waals surface area contributed by atoms with Crippen molar-refractivity contribution in [2.45, 2.75) is 38.9 Å². The van der Waals surface area contributed by atoms with Crippen molar-refractivity contribution in [3.8, 4) is 0 Å². The van der Waals surface area contributed by atoms with Gasteiger partial charge in [0.15, 0.2) is 5.69 Å². The smallest absolute Gasteiger partial charge is 0.399 e. The Morgan fingerprint density at radius 3 is 1.68 bits per heavy atom. The lowest BCUT2D eigenvalue weighted by Crippen LogP contribution is -2.41. The van der Waals surface area contributed by atoms with Gasteiger partial charge < -0.3 is 15.0 Å². The summed E-state index contributed by atoms with van der Waals surface area (Å²) >= 11 is 0. The number of nitro groups is 2. The van der Waals surface area contributed by atoms with Crippen molar-refractivity contribution in [3.63, 3.8) is 0 Å². The normalized spacial score (nSPS) is 19.2. The zero-order valence-corrected chi connectivity index (χ0v) is 12.7. The summed E-state index contributed by atoms with van der Waals surface area (Å²) in [4.78, 5) is 20.5. The number of hydrogen-bond acceptors (Lipinski definition) is 7. The molecular weight excluding hydrogens is 293 g/mol. The van der Waals surface area contributed by atoms with Crippen LogP contribution >= 0.6 is 0 Å². The third-order valence-electron chi connectivity index (χ3n) is 4.08. The second-order valence-corrected chi connectivity index (χ2v) is 6.08. The van der Waals surface area contributed by atoms with Crippen LogP contribution in [0.25, 0.3) is 0 Å². The Hall–Kier alpha value is -2.20. The van der Waals surface area contributed by atoms with Gasteiger partial charge in [0.1, 0.15) is 0 Å². The predicted octanol–water partition coefficient (Wildman–Crippen LogP) is 1.38. The summed E-state index contributed by atoms with van der Waals surface area (Å²) in [5.74, 6) is 0. The van der Waals surface area contributed by atoms with Crippen molar-refractivity contribution in [2.24, 2.45) is 0 Å². The summed E-state index contributed by atoms with van der Waals surface area (Å²) in [5, 5.41) is 22.1. The number of anilines is 1. The van der Waals surface area contributed by atoms with E-state index < -0.39 is 45.2 Å². The lowest BCUT2D eigenvalue weighted by molar-refractivity contribution is -0.392. The highest BCUT2D eigenvalue weighted by Crippen LogP contribution is 2.38. The maximum Gasteiger partial charge on any atom is 0.495 e. The molecule has 0 unspecified atom stereocenters. The highest BCUT2D eigenvalue weighted by Gasteiger charge is 2.52. The molecule has 0 bridgehead atoms. The second kappa shape index (κ2) is 4.92. The third kappa shape index (κ3) is 2.50. The van der Waals surface area contributed by atoms with E-state index >= 15 is 0 Å². The molecule has 0 aliphatic carbocycles. The molecule has 0 aromatic heterocycles. The first-order chi connectivity index (χ1) is 9.96. The van der Waals surface area contributed by atoms with Gasteiger partial charge in [-0.1, -0.05) is 0 Å². The van der Waals surface area contributed by atoms with Gasteiger partial charge in [-0.25, -0.2) is 0 Å². The molecule has 0 amide bonds. The Morgan fingerprint density at radius 2 is 1.36 bits per heavy atom. The molecule has 2 N–H and O–H groups in total. The minimum absolute atomic E-state index is 0.186. The van der Waals surface area contributed by atoms with E-state index in [1.165, 1.54) is 0 Å². The highest BCUT2D eigenvalue weighted by molar-refractivity contribution is 6.62. The van der Waals surface area contributed by atoms with Crippen LogP contribution < -0.4 is 11.2 Å². The Balaban J connectivity index is 2.54. The van der Waals surface area contributed by atoms with Gasteiger partial charge in [-0.05, 0) is 33.2 Å². The minimum Gasteiger partial charge on any atom is -0.399 e. The van der Waals surface area contributed by atoms with Crippen LogP contribution in [0.4, 0.5) is 17.1 Å². The SMILES string of the molecule is CC1(C)OB(c2cc([N+](=O)[O-])c(N)c([N+](=O)[O-])c2)OC1(C)C. The number of nitrogens with two attached hydrogens (primary N) is 1. The van der Waals surface area contributed by atoms with Gasteiger partial charge in [0.2, 0.25) is 0 Å². The number of nitrogen functional groups attached to an aromatic ring is 1. The van der Waals surface area contributed by atoms with Crippen LogP contribution in [0.2, 0.25) is 0 Å². The van der Waals surface area contributed by atoms with E-state index in [1.54, 1.807) is 0 Å². The maximum absolute atomic E-state index is 11.0. The first-order valence-electron chi connectivity index (χ1n) is 6.54. The van der Waals surface area contributed by atoms with Gasteiger partial charge in [-0.2, -0.15) is 0 Å². The van der Waals surface area contributed by atoms with Crippen LogP contribution in [0.1, 0.15) is 27.7 Å². The number of nitro benzene ring substituents is 2. The molecule has 0 saturated carbocycles. The van der Waals surface area contributed by atoms with Gasteiger partial charge in [0.25, 0.3) is 11.4 Å². The summed E-state index contributed by atoms with van der Waals surface area (Å²) in [7, 11) is -0.942. The van der Waals surface area contributed by atoms with Crippen molar-refractivity contribution < 1.29 is 19.2 Å². The third-order valence-corrected chi connectivity index (χ3v) is 4.08. The fraction of sp³-hybridized carbons (Fsp3) is 0.500. The maximum atomic E-state index is 11.0. The van der Waals surface area contributed by atoms with Crippen LogP contribution in [0.3, 0.4) is 0 Å². The summed E-state index contributed by atoms with van der Waals surface area (Å²) in [6.07, 6.45) is 0. The first-order valence-corrected chi connectivity index (χ1v) is 6.54. The standard InChI is InChI=1S/C12H16BN3O6/c1-11(2)12(3,4)22-13(21-11)7-5-8(15(17)18)10(14)9(6-7)16(19)20/h5-6H,14H2,1-4H3. The molecular formula is C12H16BN3O6. The monoisotopic (exact) mass is 309 g/mol. The van der Waals surface area contributed by atoms with Crippen molar-refractivity contribution in [2.75, 3.05) is 5.73 Å². The number of hydrogen-bond donors (Lipinski definition) is 1. The zero-order chi connectivity index (χ0) is 16.9. The molecule has 1 fully saturated rings. The fourth-order valence-electron chi connectivity index (χ4n) is 2.06. The Kier molecular flexibility index (Phi) is 3.62. The minimum atomic E-state index is -0.942. The summed E-state index contributed by atoms with van der Waals surface area (Å²) in [6.45, 7) is 7.25. The second-order valence-electron chi connectivity index (χ2n) is 6.08. The molecule has 1 aromatic carbocycles. The molecule has 0 spiro atoms. The number of benzene rings is 1. The molecule has 1 saturated heterocycles. The zero-order valence-electron chi connectivity index (χ0n) is 12.7. The van der Waals surface area contributed by atoms with E-state index in [2.05, 4.69) is 0 Å². The van der Waals surface area contributed by atoms with Crippen molar-refractivity contribution in [1.82, 2.24) is 0 Å². The van der Waals surface area contributed by atoms with Gasteiger partial charge in [-0.15, -0.1) is 0 Å². The summed E-state index contributed by atoms with van der Waals surface area (Å²) in [6, 6.07) is 2.29. The lowest BCUT2D eigenvalue weighted by atomic mass is 9.78. The molecule has 1 aromatic rings. The van der Waals surface area contributed by atoms with Gasteiger partial charge >= 0.3 is 7.12 Å². The van der Waals surface area contributed by atoms with Crippen molar-refractivity contribution in [1.29, 1.82) is 0 Å². The molecule has 1 aliphatic rings. The average Bonchev–Trinajstić information content (AvgIpc) is 2.57. The van der Waals surface area contributed by atoms with E-state index in [0.717, 1.165) is 12.1 Å². The van der Waals surface area contributed by atoms with Crippen molar-refractivity contribution >= 4 is 29.6 Å². The average molecular weight is 309 g/mol. The topological polar surface area (TPSA) is 131 Å². The Labute approximate surface area is 126 Å².